The van der Waals surface area contributed by atoms with Crippen molar-refractivity contribution in [3.63, 3.8) is 0 Å². The Morgan fingerprint density at radius 2 is 1.83 bits per heavy atom. The molecule has 1 aliphatic heterocycles. The van der Waals surface area contributed by atoms with Crippen molar-refractivity contribution in [1.82, 2.24) is 15.2 Å². The van der Waals surface area contributed by atoms with Gasteiger partial charge in [-0.15, -0.1) is 11.3 Å². The van der Waals surface area contributed by atoms with Crippen molar-refractivity contribution in [2.75, 3.05) is 44.2 Å². The van der Waals surface area contributed by atoms with E-state index in [2.05, 4.69) is 51.3 Å². The number of anilines is 1. The Morgan fingerprint density at radius 3 is 2.60 bits per heavy atom. The number of nitrogens with zero attached hydrogens (tertiary/aromatic N) is 3. The molecule has 4 rings (SSSR count). The molecule has 0 spiro atoms. The number of ether oxygens (including phenoxy) is 1. The van der Waals surface area contributed by atoms with Gasteiger partial charge < -0.3 is 15.0 Å². The fraction of sp³-hybridized carbons (Fsp3) is 0.391. The number of carbonyl (C=O) groups excluding carboxylic acids is 1. The van der Waals surface area contributed by atoms with E-state index < -0.39 is 0 Å². The van der Waals surface area contributed by atoms with E-state index in [4.69, 9.17) is 4.74 Å². The second kappa shape index (κ2) is 10.0. The smallest absolute Gasteiger partial charge is 0.246 e. The lowest BCUT2D eigenvalue weighted by Crippen LogP contribution is -2.52. The molecule has 1 aromatic heterocycles. The van der Waals surface area contributed by atoms with Gasteiger partial charge in [-0.05, 0) is 31.2 Å². The highest BCUT2D eigenvalue weighted by atomic mass is 32.1. The number of thiazole rings is 1. The summed E-state index contributed by atoms with van der Waals surface area (Å²) >= 11 is 1.61. The Hall–Kier alpha value is -2.48. The minimum Gasteiger partial charge on any atom is -0.369 e. The first kappa shape index (κ1) is 20.8. The maximum absolute atomic E-state index is 12.1. The van der Waals surface area contributed by atoms with Crippen LogP contribution in [0, 0.1) is 0 Å². The molecule has 30 heavy (non-hydrogen) atoms. The molecule has 0 bridgehead atoms. The molecule has 0 saturated carbocycles. The highest BCUT2D eigenvalue weighted by molar-refractivity contribution is 7.18. The highest BCUT2D eigenvalue weighted by Gasteiger charge is 2.21. The molecule has 1 atom stereocenters. The van der Waals surface area contributed by atoms with E-state index in [1.54, 1.807) is 11.3 Å². The fourth-order valence-corrected chi connectivity index (χ4v) is 4.62. The molecule has 158 valence electrons. The van der Waals surface area contributed by atoms with Crippen LogP contribution in [-0.2, 0) is 16.1 Å². The number of hydrogen-bond donors (Lipinski definition) is 1. The third-order valence-corrected chi connectivity index (χ3v) is 6.46. The summed E-state index contributed by atoms with van der Waals surface area (Å²) in [6, 6.07) is 18.8. The molecule has 1 saturated heterocycles. The topological polar surface area (TPSA) is 57.7 Å². The number of piperazine rings is 1. The van der Waals surface area contributed by atoms with Crippen LogP contribution in [0.5, 0.6) is 0 Å². The van der Waals surface area contributed by atoms with Gasteiger partial charge in [-0.1, -0.05) is 30.3 Å². The van der Waals surface area contributed by atoms with E-state index in [1.807, 2.05) is 30.3 Å². The average molecular weight is 425 g/mol. The van der Waals surface area contributed by atoms with Gasteiger partial charge in [-0.25, -0.2) is 4.98 Å². The first-order chi connectivity index (χ1) is 14.7. The first-order valence-electron chi connectivity index (χ1n) is 10.4. The number of carbonyl (C=O) groups is 1. The van der Waals surface area contributed by atoms with Gasteiger partial charge in [0, 0.05) is 44.5 Å². The number of rotatable bonds is 8. The molecule has 0 radical (unpaired) electrons. The molecule has 3 aromatic rings. The maximum atomic E-state index is 12.1. The molecule has 0 unspecified atom stereocenters. The number of aromatic nitrogens is 1. The molecule has 2 heterocycles. The maximum Gasteiger partial charge on any atom is 0.246 e. The van der Waals surface area contributed by atoms with Crippen molar-refractivity contribution in [1.29, 1.82) is 0 Å². The summed E-state index contributed by atoms with van der Waals surface area (Å²) in [5, 5.41) is 3.90. The van der Waals surface area contributed by atoms with Crippen LogP contribution >= 0.6 is 11.3 Å². The van der Waals surface area contributed by atoms with Crippen molar-refractivity contribution < 1.29 is 9.53 Å². The van der Waals surface area contributed by atoms with Gasteiger partial charge in [-0.2, -0.15) is 0 Å². The number of para-hydroxylation sites is 2. The number of fused-ring (bicyclic) bond motifs is 1. The Kier molecular flexibility index (Phi) is 6.94. The minimum absolute atomic E-state index is 0.0600. The summed E-state index contributed by atoms with van der Waals surface area (Å²) in [5.41, 5.74) is 2.26. The number of amides is 1. The second-order valence-electron chi connectivity index (χ2n) is 7.58. The van der Waals surface area contributed by atoms with Gasteiger partial charge in [0.05, 0.1) is 16.8 Å². The molecule has 1 fully saturated rings. The Balaban J connectivity index is 1.14. The normalized spacial score (nSPS) is 16.0. The van der Waals surface area contributed by atoms with E-state index in [0.717, 1.165) is 41.4 Å². The van der Waals surface area contributed by atoms with Gasteiger partial charge in [0.25, 0.3) is 0 Å². The lowest BCUT2D eigenvalue weighted by atomic mass is 10.2. The summed E-state index contributed by atoms with van der Waals surface area (Å²) in [5.74, 6) is -0.0779. The summed E-state index contributed by atoms with van der Waals surface area (Å²) in [6.45, 7) is 7.24. The minimum atomic E-state index is -0.0779. The first-order valence-corrected chi connectivity index (χ1v) is 11.2. The third-order valence-electron chi connectivity index (χ3n) is 5.45. The third kappa shape index (κ3) is 5.36. The Morgan fingerprint density at radius 1 is 1.10 bits per heavy atom. The SMILES string of the molecule is C[C@H](CNC(=O)COCc1nc2ccccc2s1)N1CCN(c2ccccc2)CC1. The zero-order chi connectivity index (χ0) is 20.8. The molecular formula is C23H28N4O2S. The zero-order valence-corrected chi connectivity index (χ0v) is 18.1. The van der Waals surface area contributed by atoms with Gasteiger partial charge in [0.2, 0.25) is 5.91 Å². The summed E-state index contributed by atoms with van der Waals surface area (Å²) in [6.07, 6.45) is 0. The van der Waals surface area contributed by atoms with Crippen LogP contribution in [0.2, 0.25) is 0 Å². The van der Waals surface area contributed by atoms with Gasteiger partial charge >= 0.3 is 0 Å². The molecule has 2 aromatic carbocycles. The molecule has 7 heteroatoms. The van der Waals surface area contributed by atoms with Crippen molar-refractivity contribution in [3.8, 4) is 0 Å². The number of hydrogen-bond acceptors (Lipinski definition) is 6. The average Bonchev–Trinajstić information content (AvgIpc) is 3.21. The van der Waals surface area contributed by atoms with Crippen LogP contribution in [0.25, 0.3) is 10.2 Å². The summed E-state index contributed by atoms with van der Waals surface area (Å²) < 4.78 is 6.71. The molecule has 1 aliphatic rings. The molecular weight excluding hydrogens is 396 g/mol. The predicted molar refractivity (Wildman–Crippen MR) is 122 cm³/mol. The zero-order valence-electron chi connectivity index (χ0n) is 17.3. The van der Waals surface area contributed by atoms with Crippen LogP contribution < -0.4 is 10.2 Å². The standard InChI is InChI=1S/C23H28N4O2S/c1-18(26-11-13-27(14-12-26)19-7-3-2-4-8-19)15-24-22(28)16-29-17-23-25-20-9-5-6-10-21(20)30-23/h2-10,18H,11-17H2,1H3,(H,24,28)/t18-/m1/s1. The molecule has 6 nitrogen and oxygen atoms in total. The molecule has 1 amide bonds. The van der Waals surface area contributed by atoms with Gasteiger partial charge in [0.15, 0.2) is 0 Å². The van der Waals surface area contributed by atoms with Crippen molar-refractivity contribution in [2.45, 2.75) is 19.6 Å². The Labute approximate surface area is 181 Å². The van der Waals surface area contributed by atoms with Crippen LogP contribution in [0.1, 0.15) is 11.9 Å². The van der Waals surface area contributed by atoms with Crippen molar-refractivity contribution >= 4 is 33.1 Å². The van der Waals surface area contributed by atoms with Gasteiger partial charge in [-0.3, -0.25) is 9.69 Å². The lowest BCUT2D eigenvalue weighted by molar-refractivity contribution is -0.126. The quantitative estimate of drug-likeness (QED) is 0.602. The number of benzene rings is 2. The van der Waals surface area contributed by atoms with Crippen LogP contribution in [0.15, 0.2) is 54.6 Å². The molecule has 1 N–H and O–H groups in total. The van der Waals surface area contributed by atoms with E-state index in [-0.39, 0.29) is 12.5 Å². The second-order valence-corrected chi connectivity index (χ2v) is 8.69. The van der Waals surface area contributed by atoms with E-state index in [9.17, 15) is 4.79 Å². The van der Waals surface area contributed by atoms with Crippen molar-refractivity contribution in [2.24, 2.45) is 0 Å². The van der Waals surface area contributed by atoms with E-state index in [1.165, 1.54) is 5.69 Å². The highest BCUT2D eigenvalue weighted by Crippen LogP contribution is 2.22. The van der Waals surface area contributed by atoms with Crippen LogP contribution in [-0.4, -0.2) is 61.2 Å². The Bertz CT molecular complexity index is 921. The van der Waals surface area contributed by atoms with Crippen molar-refractivity contribution in [3.05, 3.63) is 59.6 Å². The van der Waals surface area contributed by atoms with Gasteiger partial charge in [0.1, 0.15) is 11.6 Å². The number of nitrogens with one attached hydrogen (secondary N) is 1. The van der Waals surface area contributed by atoms with E-state index >= 15 is 0 Å². The molecule has 0 aliphatic carbocycles. The van der Waals surface area contributed by atoms with Crippen LogP contribution in [0.3, 0.4) is 0 Å². The summed E-state index contributed by atoms with van der Waals surface area (Å²) in [7, 11) is 0. The van der Waals surface area contributed by atoms with E-state index in [0.29, 0.717) is 19.2 Å². The van der Waals surface area contributed by atoms with Crippen LogP contribution in [0.4, 0.5) is 5.69 Å². The largest absolute Gasteiger partial charge is 0.369 e. The lowest BCUT2D eigenvalue weighted by Gasteiger charge is -2.39. The fourth-order valence-electron chi connectivity index (χ4n) is 3.71. The summed E-state index contributed by atoms with van der Waals surface area (Å²) in [4.78, 5) is 21.5. The monoisotopic (exact) mass is 424 g/mol. The predicted octanol–water partition coefficient (Wildman–Crippen LogP) is 3.14.